The molecule has 1 atom stereocenters. The van der Waals surface area contributed by atoms with E-state index in [1.807, 2.05) is 6.07 Å². The number of hydrogen-bond donors (Lipinski definition) is 0. The zero-order valence-electron chi connectivity index (χ0n) is 14.5. The number of carbonyl (C=O) groups is 1. The van der Waals surface area contributed by atoms with Crippen molar-refractivity contribution in [3.8, 4) is 0 Å². The topological polar surface area (TPSA) is 45.7 Å². The molecule has 2 saturated heterocycles. The molecule has 2 aliphatic rings. The minimum atomic E-state index is -0.311. The van der Waals surface area contributed by atoms with E-state index in [9.17, 15) is 4.79 Å². The first-order chi connectivity index (χ1) is 12.2. The fourth-order valence-corrected chi connectivity index (χ4v) is 4.09. The normalized spacial score (nSPS) is 22.6. The molecule has 1 spiro atoms. The van der Waals surface area contributed by atoms with Crippen molar-refractivity contribution in [2.24, 2.45) is 5.41 Å². The Morgan fingerprint density at radius 2 is 1.80 bits per heavy atom. The number of para-hydroxylation sites is 1. The van der Waals surface area contributed by atoms with Crippen LogP contribution in [0, 0.1) is 5.41 Å². The van der Waals surface area contributed by atoms with Gasteiger partial charge < -0.3 is 14.5 Å². The van der Waals surface area contributed by atoms with Crippen LogP contribution in [0.15, 0.2) is 48.7 Å². The Morgan fingerprint density at radius 1 is 1.08 bits per heavy atom. The number of carbonyl (C=O) groups excluding carboxylic acids is 1. The Morgan fingerprint density at radius 3 is 2.56 bits per heavy atom. The summed E-state index contributed by atoms with van der Waals surface area (Å²) < 4.78 is 4.82. The first-order valence-corrected chi connectivity index (χ1v) is 8.78. The molecule has 5 nitrogen and oxygen atoms in total. The molecule has 2 fully saturated rings. The molecule has 130 valence electrons. The first-order valence-electron chi connectivity index (χ1n) is 8.78. The van der Waals surface area contributed by atoms with E-state index in [4.69, 9.17) is 4.74 Å². The number of methoxy groups -OCH3 is 1. The van der Waals surface area contributed by atoms with E-state index in [1.165, 1.54) is 25.6 Å². The summed E-state index contributed by atoms with van der Waals surface area (Å²) in [5.41, 5.74) is 2.19. The number of benzene rings is 1. The van der Waals surface area contributed by atoms with Gasteiger partial charge in [0.15, 0.2) is 0 Å². The summed E-state index contributed by atoms with van der Waals surface area (Å²) in [6.07, 6.45) is 4.06. The van der Waals surface area contributed by atoms with Crippen molar-refractivity contribution in [3.05, 3.63) is 54.2 Å². The Hall–Kier alpha value is -2.56. The van der Waals surface area contributed by atoms with E-state index in [-0.39, 0.29) is 5.97 Å². The molecule has 0 N–H and O–H groups in total. The van der Waals surface area contributed by atoms with Gasteiger partial charge in [-0.25, -0.2) is 9.78 Å². The SMILES string of the molecule is COC(=O)c1ccnc(N2CCC3(CCN(c4ccccc4)C3)C2)c1. The number of nitrogens with zero attached hydrogens (tertiary/aromatic N) is 3. The number of pyridine rings is 1. The predicted octanol–water partition coefficient (Wildman–Crippen LogP) is 2.98. The number of hydrogen-bond acceptors (Lipinski definition) is 5. The summed E-state index contributed by atoms with van der Waals surface area (Å²) in [7, 11) is 1.41. The van der Waals surface area contributed by atoms with Crippen molar-refractivity contribution < 1.29 is 9.53 Å². The average molecular weight is 337 g/mol. The van der Waals surface area contributed by atoms with Crippen molar-refractivity contribution >= 4 is 17.5 Å². The van der Waals surface area contributed by atoms with Crippen molar-refractivity contribution in [2.45, 2.75) is 12.8 Å². The number of ether oxygens (including phenoxy) is 1. The van der Waals surface area contributed by atoms with Crippen LogP contribution in [0.4, 0.5) is 11.5 Å². The maximum absolute atomic E-state index is 11.8. The van der Waals surface area contributed by atoms with Crippen LogP contribution in [0.1, 0.15) is 23.2 Å². The monoisotopic (exact) mass is 337 g/mol. The highest BCUT2D eigenvalue weighted by Gasteiger charge is 2.43. The summed E-state index contributed by atoms with van der Waals surface area (Å²) in [6.45, 7) is 4.17. The number of rotatable bonds is 3. The van der Waals surface area contributed by atoms with Gasteiger partial charge in [-0.1, -0.05) is 18.2 Å². The van der Waals surface area contributed by atoms with Gasteiger partial charge in [-0.15, -0.1) is 0 Å². The van der Waals surface area contributed by atoms with Gasteiger partial charge in [0.2, 0.25) is 0 Å². The third kappa shape index (κ3) is 3.06. The molecule has 5 heteroatoms. The lowest BCUT2D eigenvalue weighted by Crippen LogP contribution is -2.31. The lowest BCUT2D eigenvalue weighted by atomic mass is 9.86. The molecule has 25 heavy (non-hydrogen) atoms. The Balaban J connectivity index is 1.48. The molecule has 0 radical (unpaired) electrons. The lowest BCUT2D eigenvalue weighted by molar-refractivity contribution is 0.0600. The second kappa shape index (κ2) is 6.39. The third-order valence-corrected chi connectivity index (χ3v) is 5.49. The molecule has 1 aromatic carbocycles. The van der Waals surface area contributed by atoms with Gasteiger partial charge in [-0.05, 0) is 37.1 Å². The second-order valence-electron chi connectivity index (χ2n) is 7.07. The van der Waals surface area contributed by atoms with Crippen molar-refractivity contribution in [3.63, 3.8) is 0 Å². The molecule has 1 unspecified atom stereocenters. The van der Waals surface area contributed by atoms with Crippen LogP contribution >= 0.6 is 0 Å². The van der Waals surface area contributed by atoms with Gasteiger partial charge in [0.1, 0.15) is 5.82 Å². The molecule has 2 aliphatic heterocycles. The maximum atomic E-state index is 11.8. The first kappa shape index (κ1) is 15.9. The smallest absolute Gasteiger partial charge is 0.338 e. The van der Waals surface area contributed by atoms with Gasteiger partial charge in [0.25, 0.3) is 0 Å². The van der Waals surface area contributed by atoms with Crippen LogP contribution in [0.25, 0.3) is 0 Å². The van der Waals surface area contributed by atoms with E-state index in [0.717, 1.165) is 32.0 Å². The third-order valence-electron chi connectivity index (χ3n) is 5.49. The lowest BCUT2D eigenvalue weighted by Gasteiger charge is -2.26. The molecule has 1 aromatic heterocycles. The average Bonchev–Trinajstić information content (AvgIpc) is 3.29. The molecular formula is C20H23N3O2. The van der Waals surface area contributed by atoms with Crippen LogP contribution in [-0.4, -0.2) is 44.2 Å². The summed E-state index contributed by atoms with van der Waals surface area (Å²) in [5, 5.41) is 0. The zero-order chi connectivity index (χ0) is 17.3. The highest BCUT2D eigenvalue weighted by molar-refractivity contribution is 5.90. The van der Waals surface area contributed by atoms with E-state index < -0.39 is 0 Å². The van der Waals surface area contributed by atoms with E-state index in [2.05, 4.69) is 45.1 Å². The molecule has 0 amide bonds. The zero-order valence-corrected chi connectivity index (χ0v) is 14.5. The maximum Gasteiger partial charge on any atom is 0.338 e. The van der Waals surface area contributed by atoms with Gasteiger partial charge in [0.05, 0.1) is 12.7 Å². The van der Waals surface area contributed by atoms with E-state index in [1.54, 1.807) is 12.3 Å². The molecule has 0 saturated carbocycles. The summed E-state index contributed by atoms with van der Waals surface area (Å²) in [5.74, 6) is 0.562. The highest BCUT2D eigenvalue weighted by atomic mass is 16.5. The minimum absolute atomic E-state index is 0.311. The van der Waals surface area contributed by atoms with Crippen molar-refractivity contribution in [1.82, 2.24) is 4.98 Å². The van der Waals surface area contributed by atoms with E-state index in [0.29, 0.717) is 11.0 Å². The Kier molecular flexibility index (Phi) is 4.07. The van der Waals surface area contributed by atoms with Gasteiger partial charge in [0, 0.05) is 43.5 Å². The van der Waals surface area contributed by atoms with Crippen LogP contribution in [0.3, 0.4) is 0 Å². The molecule has 3 heterocycles. The quantitative estimate of drug-likeness (QED) is 0.806. The Labute approximate surface area is 148 Å². The summed E-state index contributed by atoms with van der Waals surface area (Å²) in [4.78, 5) is 21.0. The minimum Gasteiger partial charge on any atom is -0.465 e. The van der Waals surface area contributed by atoms with Gasteiger partial charge in [-0.2, -0.15) is 0 Å². The molecular weight excluding hydrogens is 314 g/mol. The van der Waals surface area contributed by atoms with E-state index >= 15 is 0 Å². The standard InChI is InChI=1S/C20H23N3O2/c1-25-19(24)16-7-10-21-18(13-16)23-12-9-20(15-23)8-11-22(14-20)17-5-3-2-4-6-17/h2-7,10,13H,8-9,11-12,14-15H2,1H3. The van der Waals surface area contributed by atoms with Gasteiger partial charge >= 0.3 is 5.97 Å². The van der Waals surface area contributed by atoms with Crippen LogP contribution in [0.5, 0.6) is 0 Å². The number of anilines is 2. The van der Waals surface area contributed by atoms with Crippen LogP contribution < -0.4 is 9.80 Å². The van der Waals surface area contributed by atoms with Gasteiger partial charge in [-0.3, -0.25) is 0 Å². The van der Waals surface area contributed by atoms with Crippen LogP contribution in [0.2, 0.25) is 0 Å². The van der Waals surface area contributed by atoms with Crippen LogP contribution in [-0.2, 0) is 4.74 Å². The Bertz CT molecular complexity index is 765. The number of aromatic nitrogens is 1. The molecule has 4 rings (SSSR count). The molecule has 0 bridgehead atoms. The predicted molar refractivity (Wildman–Crippen MR) is 98.1 cm³/mol. The fraction of sp³-hybridized carbons (Fsp3) is 0.400. The molecule has 0 aliphatic carbocycles. The van der Waals surface area contributed by atoms with Crippen molar-refractivity contribution in [2.75, 3.05) is 43.1 Å². The second-order valence-corrected chi connectivity index (χ2v) is 7.07. The fourth-order valence-electron chi connectivity index (χ4n) is 4.09. The summed E-state index contributed by atoms with van der Waals surface area (Å²) >= 11 is 0. The molecule has 2 aromatic rings. The van der Waals surface area contributed by atoms with Crippen molar-refractivity contribution in [1.29, 1.82) is 0 Å². The summed E-state index contributed by atoms with van der Waals surface area (Å²) in [6, 6.07) is 14.2. The largest absolute Gasteiger partial charge is 0.465 e. The number of esters is 1. The highest BCUT2D eigenvalue weighted by Crippen LogP contribution is 2.42.